The van der Waals surface area contributed by atoms with Gasteiger partial charge in [0.05, 0.1) is 0 Å². The third kappa shape index (κ3) is 4.35. The van der Waals surface area contributed by atoms with Crippen molar-refractivity contribution in [3.05, 3.63) is 47.0 Å². The fourth-order valence-corrected chi connectivity index (χ4v) is 4.87. The second-order valence-corrected chi connectivity index (χ2v) is 8.81. The van der Waals surface area contributed by atoms with Gasteiger partial charge in [-0.1, -0.05) is 24.3 Å². The van der Waals surface area contributed by atoms with Crippen LogP contribution in [0.15, 0.2) is 47.0 Å². The Hall–Kier alpha value is -1.21. The van der Waals surface area contributed by atoms with Crippen molar-refractivity contribution in [2.24, 2.45) is 11.8 Å². The summed E-state index contributed by atoms with van der Waals surface area (Å²) < 4.78 is 10.8. The van der Waals surface area contributed by atoms with Crippen LogP contribution >= 0.6 is 8.60 Å². The number of hydrogen-bond acceptors (Lipinski definition) is 7. The van der Waals surface area contributed by atoms with E-state index >= 15 is 0 Å². The molecule has 0 aliphatic heterocycles. The maximum Gasteiger partial charge on any atom is 0.459 e. The monoisotopic (exact) mass is 414 g/mol. The van der Waals surface area contributed by atoms with Gasteiger partial charge in [0.25, 0.3) is 0 Å². The Kier molecular flexibility index (Phi) is 6.81. The zero-order valence-corrected chi connectivity index (χ0v) is 17.8. The van der Waals surface area contributed by atoms with Gasteiger partial charge in [0, 0.05) is 11.8 Å². The first kappa shape index (κ1) is 23.1. The van der Waals surface area contributed by atoms with Gasteiger partial charge in [-0.2, -0.15) is 0 Å². The Morgan fingerprint density at radius 2 is 1.18 bits per heavy atom. The van der Waals surface area contributed by atoms with Gasteiger partial charge in [0.1, 0.15) is 0 Å². The van der Waals surface area contributed by atoms with Crippen molar-refractivity contribution in [1.82, 2.24) is 0 Å². The van der Waals surface area contributed by atoms with Crippen molar-refractivity contribution in [3.63, 3.8) is 0 Å². The van der Waals surface area contributed by atoms with Crippen molar-refractivity contribution in [3.8, 4) is 0 Å². The molecule has 0 saturated heterocycles. The van der Waals surface area contributed by atoms with Gasteiger partial charge in [-0.15, -0.1) is 0 Å². The minimum atomic E-state index is -2.69. The van der Waals surface area contributed by atoms with E-state index < -0.39 is 32.0 Å². The van der Waals surface area contributed by atoms with E-state index in [-0.39, 0.29) is 11.5 Å². The molecule has 2 aliphatic carbocycles. The van der Waals surface area contributed by atoms with Gasteiger partial charge < -0.3 is 34.4 Å². The van der Waals surface area contributed by atoms with E-state index in [0.717, 1.165) is 0 Å². The first-order valence-electron chi connectivity index (χ1n) is 9.25. The highest BCUT2D eigenvalue weighted by Gasteiger charge is 2.48. The van der Waals surface area contributed by atoms with Crippen LogP contribution in [0.4, 0.5) is 0 Å². The molecule has 0 saturated carbocycles. The summed E-state index contributed by atoms with van der Waals surface area (Å²) in [5.41, 5.74) is 2.31. The Morgan fingerprint density at radius 3 is 1.46 bits per heavy atom. The summed E-state index contributed by atoms with van der Waals surface area (Å²) in [6.07, 6.45) is 2.07. The maximum atomic E-state index is 10.6. The van der Waals surface area contributed by atoms with Crippen LogP contribution in [0.3, 0.4) is 0 Å². The van der Waals surface area contributed by atoms with Crippen molar-refractivity contribution in [2.75, 3.05) is 0 Å². The number of hydrogen-bond donors (Lipinski definition) is 5. The highest BCUT2D eigenvalue weighted by molar-refractivity contribution is 7.40. The molecule has 0 fully saturated rings. The molecular formula is C20H31O7P. The SMILES string of the molecule is C=C(C)[C@@H]1CCC(C)=C(OP(O)OC2=C(C)CC[C@@H](C(=C)C)C2(O)O)C1(O)O. The second kappa shape index (κ2) is 8.27. The quantitative estimate of drug-likeness (QED) is 0.257. The van der Waals surface area contributed by atoms with Crippen LogP contribution in [0.2, 0.25) is 0 Å². The van der Waals surface area contributed by atoms with Crippen LogP contribution in [0, 0.1) is 11.8 Å². The zero-order chi connectivity index (χ0) is 21.4. The van der Waals surface area contributed by atoms with Crippen LogP contribution in [-0.4, -0.2) is 36.9 Å². The average molecular weight is 414 g/mol. The first-order chi connectivity index (χ1) is 12.8. The van der Waals surface area contributed by atoms with E-state index in [1.54, 1.807) is 27.7 Å². The minimum absolute atomic E-state index is 0.188. The van der Waals surface area contributed by atoms with Crippen LogP contribution in [-0.2, 0) is 9.05 Å². The van der Waals surface area contributed by atoms with E-state index in [4.69, 9.17) is 9.05 Å². The summed E-state index contributed by atoms with van der Waals surface area (Å²) in [7, 11) is -2.69. The van der Waals surface area contributed by atoms with Crippen LogP contribution in [0.5, 0.6) is 0 Å². The number of rotatable bonds is 6. The van der Waals surface area contributed by atoms with Gasteiger partial charge in [0.2, 0.25) is 11.6 Å². The largest absolute Gasteiger partial charge is 0.459 e. The van der Waals surface area contributed by atoms with Crippen molar-refractivity contribution in [2.45, 2.75) is 65.0 Å². The Bertz CT molecular complexity index is 660. The summed E-state index contributed by atoms with van der Waals surface area (Å²) in [4.78, 5) is 10.4. The molecule has 5 N–H and O–H groups in total. The summed E-state index contributed by atoms with van der Waals surface area (Å²) in [5, 5.41) is 42.4. The summed E-state index contributed by atoms with van der Waals surface area (Å²) in [6.45, 7) is 14.3. The second-order valence-electron chi connectivity index (χ2n) is 7.97. The summed E-state index contributed by atoms with van der Waals surface area (Å²) in [5.74, 6) is -6.32. The lowest BCUT2D eigenvalue weighted by atomic mass is 9.80. The fraction of sp³-hybridized carbons (Fsp3) is 0.600. The molecule has 158 valence electrons. The lowest BCUT2D eigenvalue weighted by Crippen LogP contribution is -2.44. The van der Waals surface area contributed by atoms with Gasteiger partial charge in [-0.05, 0) is 64.5 Å². The molecule has 0 bridgehead atoms. The molecule has 0 radical (unpaired) electrons. The maximum absolute atomic E-state index is 10.6. The van der Waals surface area contributed by atoms with E-state index in [0.29, 0.717) is 48.0 Å². The fourth-order valence-electron chi connectivity index (χ4n) is 3.94. The smallest absolute Gasteiger partial charge is 0.417 e. The molecule has 2 rings (SSSR count). The van der Waals surface area contributed by atoms with Crippen molar-refractivity contribution >= 4 is 8.60 Å². The van der Waals surface area contributed by atoms with Crippen LogP contribution < -0.4 is 0 Å². The van der Waals surface area contributed by atoms with E-state index in [2.05, 4.69) is 13.2 Å². The molecule has 0 spiro atoms. The molecule has 0 heterocycles. The third-order valence-electron chi connectivity index (χ3n) is 5.56. The van der Waals surface area contributed by atoms with Crippen LogP contribution in [0.1, 0.15) is 53.4 Å². The van der Waals surface area contributed by atoms with Gasteiger partial charge >= 0.3 is 8.60 Å². The first-order valence-corrected chi connectivity index (χ1v) is 10.4. The summed E-state index contributed by atoms with van der Waals surface area (Å²) >= 11 is 0. The van der Waals surface area contributed by atoms with Gasteiger partial charge in [-0.25, -0.2) is 0 Å². The van der Waals surface area contributed by atoms with E-state index in [1.807, 2.05) is 0 Å². The van der Waals surface area contributed by atoms with Gasteiger partial charge in [0.15, 0.2) is 11.5 Å². The van der Waals surface area contributed by atoms with Crippen LogP contribution in [0.25, 0.3) is 0 Å². The topological polar surface area (TPSA) is 120 Å². The molecule has 0 unspecified atom stereocenters. The standard InChI is InChI=1S/C20H31O7P/c1-11(2)15-9-7-13(5)17(19(15,21)22)26-28(25)27-18-14(6)8-10-16(12(3)4)20(18,23)24/h15-16,21-25H,1,3,7-10H2,2,4-6H3/t15-,16-/m0/s1. The third-order valence-corrected chi connectivity index (χ3v) is 6.24. The number of aliphatic hydroxyl groups is 4. The molecule has 28 heavy (non-hydrogen) atoms. The Labute approximate surface area is 167 Å². The Morgan fingerprint density at radius 1 is 0.857 bits per heavy atom. The van der Waals surface area contributed by atoms with Gasteiger partial charge in [-0.3, -0.25) is 0 Å². The molecule has 7 nitrogen and oxygen atoms in total. The Balaban J connectivity index is 2.24. The number of allylic oxidation sites excluding steroid dienone is 2. The lowest BCUT2D eigenvalue weighted by Gasteiger charge is -2.40. The zero-order valence-electron chi connectivity index (χ0n) is 16.9. The predicted molar refractivity (Wildman–Crippen MR) is 106 cm³/mol. The van der Waals surface area contributed by atoms with Crippen molar-refractivity contribution in [1.29, 1.82) is 0 Å². The molecule has 0 aromatic heterocycles. The average Bonchev–Trinajstić information content (AvgIpc) is 2.54. The minimum Gasteiger partial charge on any atom is -0.417 e. The highest BCUT2D eigenvalue weighted by Crippen LogP contribution is 2.51. The molecule has 2 atom stereocenters. The highest BCUT2D eigenvalue weighted by atomic mass is 31.2. The van der Waals surface area contributed by atoms with E-state index in [9.17, 15) is 25.3 Å². The molecule has 0 amide bonds. The molecule has 8 heteroatoms. The molecular weight excluding hydrogens is 383 g/mol. The van der Waals surface area contributed by atoms with E-state index in [1.165, 1.54) is 0 Å². The summed E-state index contributed by atoms with van der Waals surface area (Å²) in [6, 6.07) is 0. The van der Waals surface area contributed by atoms with Crippen molar-refractivity contribution < 1.29 is 34.4 Å². The normalized spacial score (nSPS) is 27.1. The molecule has 0 aromatic rings. The molecule has 0 aromatic carbocycles. The lowest BCUT2D eigenvalue weighted by molar-refractivity contribution is -0.190. The predicted octanol–water partition coefficient (Wildman–Crippen LogP) is 3.12. The molecule has 2 aliphatic rings.